The van der Waals surface area contributed by atoms with Crippen LogP contribution in [-0.4, -0.2) is 93.7 Å². The Hall–Kier alpha value is -2.77. The van der Waals surface area contributed by atoms with Crippen LogP contribution < -0.4 is 0 Å². The zero-order valence-electron chi connectivity index (χ0n) is 23.9. The molecule has 220 valence electrons. The van der Waals surface area contributed by atoms with Crippen LogP contribution >= 0.6 is 22.7 Å². The van der Waals surface area contributed by atoms with Gasteiger partial charge < -0.3 is 14.5 Å². The highest BCUT2D eigenvalue weighted by Gasteiger charge is 2.36. The first-order valence-electron chi connectivity index (χ1n) is 14.7. The lowest BCUT2D eigenvalue weighted by molar-refractivity contribution is -0.0837. The Morgan fingerprint density at radius 3 is 2.93 bits per heavy atom. The number of thiazole rings is 1. The van der Waals surface area contributed by atoms with Crippen LogP contribution in [0.2, 0.25) is 0 Å². The molecule has 6 heterocycles. The number of hydrogen-bond donors (Lipinski definition) is 1. The van der Waals surface area contributed by atoms with Gasteiger partial charge in [-0.3, -0.25) is 14.7 Å². The molecule has 2 atom stereocenters. The smallest absolute Gasteiger partial charge is 0.116 e. The molecule has 42 heavy (non-hydrogen) atoms. The molecule has 1 aromatic carbocycles. The quantitative estimate of drug-likeness (QED) is 0.230. The molecular weight excluding hydrogens is 567 g/mol. The first-order chi connectivity index (χ1) is 20.8. The minimum absolute atomic E-state index is 0.0234. The van der Waals surface area contributed by atoms with Crippen LogP contribution in [0.4, 0.5) is 0 Å². The topological polar surface area (TPSA) is 82.6 Å². The van der Waals surface area contributed by atoms with Crippen LogP contribution in [0.5, 0.6) is 0 Å². The maximum atomic E-state index is 6.42. The number of fused-ring (bicyclic) bond motifs is 2. The molecule has 2 unspecified atom stereocenters. The Bertz CT molecular complexity index is 1550. The lowest BCUT2D eigenvalue weighted by Gasteiger charge is -2.46. The molecule has 0 spiro atoms. The summed E-state index contributed by atoms with van der Waals surface area (Å²) in [6, 6.07) is 11.4. The number of piperidine rings is 1. The number of benzene rings is 1. The van der Waals surface area contributed by atoms with Gasteiger partial charge in [-0.2, -0.15) is 0 Å². The van der Waals surface area contributed by atoms with E-state index in [1.165, 1.54) is 20.8 Å². The highest BCUT2D eigenvalue weighted by Crippen LogP contribution is 2.39. The van der Waals surface area contributed by atoms with Crippen LogP contribution in [-0.2, 0) is 16.0 Å². The van der Waals surface area contributed by atoms with E-state index in [9.17, 15) is 0 Å². The van der Waals surface area contributed by atoms with Crippen LogP contribution in [0.3, 0.4) is 0 Å². The number of nitrogens with one attached hydrogen (secondary N) is 1. The van der Waals surface area contributed by atoms with Crippen molar-refractivity contribution in [3.63, 3.8) is 0 Å². The molecule has 7 rings (SSSR count). The van der Waals surface area contributed by atoms with E-state index in [0.717, 1.165) is 74.5 Å². The maximum absolute atomic E-state index is 6.42. The number of hydrogen-bond acceptors (Lipinski definition) is 10. The fourth-order valence-corrected chi connectivity index (χ4v) is 8.39. The van der Waals surface area contributed by atoms with E-state index in [-0.39, 0.29) is 12.3 Å². The zero-order valence-corrected chi connectivity index (χ0v) is 25.5. The van der Waals surface area contributed by atoms with Gasteiger partial charge in [0.05, 0.1) is 42.2 Å². The molecule has 11 heteroatoms. The fraction of sp³-hybridized carbons (Fsp3) is 0.452. The SMILES string of the molecule is COCCN(Cc1nccs1)C1CCN(C(c2cc3ncncc3s2)N2CCOC(c3cccc4[nH]ccc34)C2)CC1. The van der Waals surface area contributed by atoms with E-state index < -0.39 is 0 Å². The summed E-state index contributed by atoms with van der Waals surface area (Å²) < 4.78 is 13.0. The second-order valence-corrected chi connectivity index (χ2v) is 13.2. The summed E-state index contributed by atoms with van der Waals surface area (Å²) >= 11 is 3.56. The van der Waals surface area contributed by atoms with E-state index in [1.54, 1.807) is 24.8 Å². The number of morpholine rings is 1. The second-order valence-electron chi connectivity index (χ2n) is 11.1. The van der Waals surface area contributed by atoms with E-state index >= 15 is 0 Å². The molecule has 2 saturated heterocycles. The Balaban J connectivity index is 1.14. The molecule has 1 N–H and O–H groups in total. The van der Waals surface area contributed by atoms with Gasteiger partial charge in [0.25, 0.3) is 0 Å². The van der Waals surface area contributed by atoms with Crippen molar-refractivity contribution < 1.29 is 9.47 Å². The predicted octanol–water partition coefficient (Wildman–Crippen LogP) is 5.31. The molecule has 0 aliphatic carbocycles. The summed E-state index contributed by atoms with van der Waals surface area (Å²) in [5.41, 5.74) is 3.45. The van der Waals surface area contributed by atoms with Crippen molar-refractivity contribution in [1.82, 2.24) is 34.6 Å². The van der Waals surface area contributed by atoms with Gasteiger partial charge in [0, 0.05) is 85.6 Å². The number of H-pyrrole nitrogens is 1. The summed E-state index contributed by atoms with van der Waals surface area (Å²) in [6.45, 7) is 7.07. The molecule has 0 amide bonds. The molecule has 0 radical (unpaired) electrons. The van der Waals surface area contributed by atoms with Crippen molar-refractivity contribution >= 4 is 43.8 Å². The van der Waals surface area contributed by atoms with E-state index in [1.807, 2.05) is 29.9 Å². The Morgan fingerprint density at radius 1 is 1.17 bits per heavy atom. The number of rotatable bonds is 10. The van der Waals surface area contributed by atoms with Gasteiger partial charge in [-0.15, -0.1) is 22.7 Å². The first kappa shape index (κ1) is 28.0. The highest BCUT2D eigenvalue weighted by molar-refractivity contribution is 7.19. The molecule has 9 nitrogen and oxygen atoms in total. The third-order valence-corrected chi connectivity index (χ3v) is 10.5. The lowest BCUT2D eigenvalue weighted by atomic mass is 10.0. The second kappa shape index (κ2) is 12.8. The third-order valence-electron chi connectivity index (χ3n) is 8.65. The minimum atomic E-state index is 0.0234. The van der Waals surface area contributed by atoms with Gasteiger partial charge >= 0.3 is 0 Å². The molecular formula is C31H37N7O2S2. The molecule has 2 aliphatic heterocycles. The molecule has 0 saturated carbocycles. The number of aromatic amines is 1. The maximum Gasteiger partial charge on any atom is 0.116 e. The average molecular weight is 604 g/mol. The van der Waals surface area contributed by atoms with Crippen molar-refractivity contribution in [2.45, 2.75) is 37.7 Å². The van der Waals surface area contributed by atoms with Crippen molar-refractivity contribution in [2.75, 3.05) is 53.0 Å². The van der Waals surface area contributed by atoms with Crippen LogP contribution in [0, 0.1) is 0 Å². The van der Waals surface area contributed by atoms with Crippen molar-refractivity contribution in [3.05, 3.63) is 76.1 Å². The normalized spacial score (nSPS) is 20.2. The average Bonchev–Trinajstić information content (AvgIpc) is 3.81. The molecule has 0 bridgehead atoms. The number of nitrogens with zero attached hydrogens (tertiary/aromatic N) is 6. The molecule has 4 aromatic heterocycles. The van der Waals surface area contributed by atoms with Crippen molar-refractivity contribution in [1.29, 1.82) is 0 Å². The number of ether oxygens (including phenoxy) is 2. The standard InChI is InChI=1S/C31H37N7O2S2/c1-39-14-12-37(20-30-34-9-16-41-30)22-6-10-36(11-7-22)31(28-17-26-29(42-28)18-32-21-35-26)38-13-15-40-27(19-38)24-3-2-4-25-23(24)5-8-33-25/h2-5,8-9,16-18,21-22,27,31,33H,6-7,10-15,19-20H2,1H3. The summed E-state index contributed by atoms with van der Waals surface area (Å²) in [4.78, 5) is 26.0. The van der Waals surface area contributed by atoms with Gasteiger partial charge in [-0.1, -0.05) is 12.1 Å². The number of likely N-dealkylation sites (tertiary alicyclic amines) is 1. The summed E-state index contributed by atoms with van der Waals surface area (Å²) in [7, 11) is 1.79. The zero-order chi connectivity index (χ0) is 28.3. The number of methoxy groups -OCH3 is 1. The number of aromatic nitrogens is 4. The number of thiophene rings is 1. The van der Waals surface area contributed by atoms with Crippen LogP contribution in [0.25, 0.3) is 21.1 Å². The van der Waals surface area contributed by atoms with Gasteiger partial charge in [0.2, 0.25) is 0 Å². The van der Waals surface area contributed by atoms with Crippen LogP contribution in [0.1, 0.15) is 40.6 Å². The van der Waals surface area contributed by atoms with Crippen molar-refractivity contribution in [2.24, 2.45) is 0 Å². The van der Waals surface area contributed by atoms with Gasteiger partial charge in [0.15, 0.2) is 0 Å². The monoisotopic (exact) mass is 603 g/mol. The summed E-state index contributed by atoms with van der Waals surface area (Å²) in [6.07, 6.45) is 9.95. The summed E-state index contributed by atoms with van der Waals surface area (Å²) in [5, 5.41) is 4.49. The summed E-state index contributed by atoms with van der Waals surface area (Å²) in [5.74, 6) is 0. The first-order valence-corrected chi connectivity index (χ1v) is 16.4. The molecule has 5 aromatic rings. The van der Waals surface area contributed by atoms with Crippen LogP contribution in [0.15, 0.2) is 60.6 Å². The third kappa shape index (κ3) is 5.87. The lowest BCUT2D eigenvalue weighted by Crippen LogP contribution is -2.52. The van der Waals surface area contributed by atoms with E-state index in [0.29, 0.717) is 12.6 Å². The Labute approximate surface area is 254 Å². The van der Waals surface area contributed by atoms with E-state index in [4.69, 9.17) is 9.47 Å². The van der Waals surface area contributed by atoms with E-state index in [2.05, 4.69) is 70.3 Å². The Kier molecular flexibility index (Phi) is 8.57. The highest BCUT2D eigenvalue weighted by atomic mass is 32.1. The van der Waals surface area contributed by atoms with Gasteiger partial charge in [0.1, 0.15) is 11.3 Å². The molecule has 2 aliphatic rings. The van der Waals surface area contributed by atoms with Gasteiger partial charge in [-0.05, 0) is 36.6 Å². The predicted molar refractivity (Wildman–Crippen MR) is 168 cm³/mol. The van der Waals surface area contributed by atoms with Gasteiger partial charge in [-0.25, -0.2) is 15.0 Å². The minimum Gasteiger partial charge on any atom is -0.383 e. The Morgan fingerprint density at radius 2 is 2.10 bits per heavy atom. The van der Waals surface area contributed by atoms with Crippen molar-refractivity contribution in [3.8, 4) is 0 Å². The fourth-order valence-electron chi connectivity index (χ4n) is 6.59. The largest absolute Gasteiger partial charge is 0.383 e. The molecule has 2 fully saturated rings.